The Morgan fingerprint density at radius 1 is 1.69 bits per heavy atom. The Morgan fingerprint density at radius 3 is 3.00 bits per heavy atom. The molecule has 5 nitrogen and oxygen atoms in total. The average molecular weight is 223 g/mol. The quantitative estimate of drug-likeness (QED) is 0.778. The maximum Gasteiger partial charge on any atom is 0.320 e. The van der Waals surface area contributed by atoms with E-state index < -0.39 is 12.0 Å². The molecule has 0 radical (unpaired) electrons. The fraction of sp³-hybridized carbons (Fsp3) is 0.636. The lowest BCUT2D eigenvalue weighted by Gasteiger charge is -2.23. The van der Waals surface area contributed by atoms with Gasteiger partial charge in [0, 0.05) is 12.7 Å². The lowest BCUT2D eigenvalue weighted by atomic mass is 9.81. The Labute approximate surface area is 94.2 Å². The van der Waals surface area contributed by atoms with Crippen LogP contribution in [0.1, 0.15) is 37.2 Å². The van der Waals surface area contributed by atoms with Crippen molar-refractivity contribution in [1.82, 2.24) is 9.78 Å². The lowest BCUT2D eigenvalue weighted by molar-refractivity contribution is -0.138. The average Bonchev–Trinajstić information content (AvgIpc) is 2.59. The molecular weight excluding hydrogens is 206 g/mol. The van der Waals surface area contributed by atoms with Crippen molar-refractivity contribution in [2.24, 2.45) is 5.73 Å². The summed E-state index contributed by atoms with van der Waals surface area (Å²) in [7, 11) is 0. The Bertz CT molecular complexity index is 371. The Morgan fingerprint density at radius 2 is 2.44 bits per heavy atom. The maximum atomic E-state index is 10.5. The molecule has 1 unspecified atom stereocenters. The third-order valence-electron chi connectivity index (χ3n) is 3.22. The molecule has 2 rings (SSSR count). The number of hydrogen-bond acceptors (Lipinski definition) is 3. The van der Waals surface area contributed by atoms with Gasteiger partial charge in [-0.2, -0.15) is 5.10 Å². The van der Waals surface area contributed by atoms with Gasteiger partial charge in [0.05, 0.1) is 6.20 Å². The van der Waals surface area contributed by atoms with Crippen LogP contribution in [-0.4, -0.2) is 26.9 Å². The van der Waals surface area contributed by atoms with Crippen molar-refractivity contribution in [3.63, 3.8) is 0 Å². The molecule has 1 saturated carbocycles. The van der Waals surface area contributed by atoms with E-state index in [4.69, 9.17) is 10.8 Å². The molecule has 1 atom stereocenters. The SMILES string of the molecule is NC(CCn1cc(C2CCC2)cn1)C(=O)O. The van der Waals surface area contributed by atoms with Crippen molar-refractivity contribution in [2.45, 2.75) is 44.2 Å². The van der Waals surface area contributed by atoms with Gasteiger partial charge < -0.3 is 10.8 Å². The topological polar surface area (TPSA) is 81.1 Å². The number of rotatable bonds is 5. The lowest BCUT2D eigenvalue weighted by Crippen LogP contribution is -2.31. The van der Waals surface area contributed by atoms with Crippen LogP contribution < -0.4 is 5.73 Å². The van der Waals surface area contributed by atoms with Crippen LogP contribution in [0.4, 0.5) is 0 Å². The van der Waals surface area contributed by atoms with Gasteiger partial charge in [0.1, 0.15) is 6.04 Å². The number of aryl methyl sites for hydroxylation is 1. The molecule has 0 amide bonds. The second-order valence-corrected chi connectivity index (χ2v) is 4.40. The van der Waals surface area contributed by atoms with Crippen LogP contribution in [-0.2, 0) is 11.3 Å². The van der Waals surface area contributed by atoms with Crippen LogP contribution in [0, 0.1) is 0 Å². The standard InChI is InChI=1S/C11H17N3O2/c12-10(11(15)16)4-5-14-7-9(6-13-14)8-2-1-3-8/h6-8,10H,1-5,12H2,(H,15,16). The molecule has 1 aliphatic carbocycles. The van der Waals surface area contributed by atoms with Gasteiger partial charge in [0.25, 0.3) is 0 Å². The third kappa shape index (κ3) is 2.41. The monoisotopic (exact) mass is 223 g/mol. The highest BCUT2D eigenvalue weighted by Gasteiger charge is 2.20. The molecule has 5 heteroatoms. The zero-order valence-corrected chi connectivity index (χ0v) is 9.17. The Hall–Kier alpha value is -1.36. The van der Waals surface area contributed by atoms with Crippen molar-refractivity contribution in [1.29, 1.82) is 0 Å². The van der Waals surface area contributed by atoms with Crippen molar-refractivity contribution < 1.29 is 9.90 Å². The van der Waals surface area contributed by atoms with Gasteiger partial charge in [-0.25, -0.2) is 0 Å². The molecule has 1 aromatic rings. The van der Waals surface area contributed by atoms with Crippen LogP contribution in [0.15, 0.2) is 12.4 Å². The number of aliphatic carboxylic acids is 1. The van der Waals surface area contributed by atoms with E-state index in [-0.39, 0.29) is 0 Å². The molecule has 0 spiro atoms. The largest absolute Gasteiger partial charge is 0.480 e. The predicted octanol–water partition coefficient (Wildman–Crippen LogP) is 0.953. The fourth-order valence-corrected chi connectivity index (χ4v) is 1.85. The molecule has 3 N–H and O–H groups in total. The molecule has 0 bridgehead atoms. The Balaban J connectivity index is 1.85. The molecule has 0 aliphatic heterocycles. The van der Waals surface area contributed by atoms with Crippen LogP contribution >= 0.6 is 0 Å². The van der Waals surface area contributed by atoms with Crippen LogP contribution in [0.25, 0.3) is 0 Å². The number of carboxylic acid groups (broad SMARTS) is 1. The van der Waals surface area contributed by atoms with Crippen molar-refractivity contribution >= 4 is 5.97 Å². The smallest absolute Gasteiger partial charge is 0.320 e. The van der Waals surface area contributed by atoms with E-state index in [0.29, 0.717) is 18.9 Å². The van der Waals surface area contributed by atoms with Gasteiger partial charge >= 0.3 is 5.97 Å². The molecule has 1 aromatic heterocycles. The molecule has 1 aliphatic rings. The van der Waals surface area contributed by atoms with Gasteiger partial charge in [0.2, 0.25) is 0 Å². The van der Waals surface area contributed by atoms with Crippen LogP contribution in [0.3, 0.4) is 0 Å². The summed E-state index contributed by atoms with van der Waals surface area (Å²) in [5, 5.41) is 12.9. The van der Waals surface area contributed by atoms with Crippen molar-refractivity contribution in [3.05, 3.63) is 18.0 Å². The highest BCUT2D eigenvalue weighted by Crippen LogP contribution is 2.35. The van der Waals surface area contributed by atoms with E-state index in [9.17, 15) is 4.79 Å². The highest BCUT2D eigenvalue weighted by molar-refractivity contribution is 5.72. The van der Waals surface area contributed by atoms with E-state index >= 15 is 0 Å². The van der Waals surface area contributed by atoms with Gasteiger partial charge in [-0.3, -0.25) is 9.48 Å². The first-order chi connectivity index (χ1) is 7.66. The minimum Gasteiger partial charge on any atom is -0.480 e. The minimum absolute atomic E-state index is 0.418. The van der Waals surface area contributed by atoms with E-state index in [0.717, 1.165) is 0 Å². The number of nitrogens with two attached hydrogens (primary N) is 1. The van der Waals surface area contributed by atoms with E-state index in [1.165, 1.54) is 24.8 Å². The first-order valence-corrected chi connectivity index (χ1v) is 5.67. The highest BCUT2D eigenvalue weighted by atomic mass is 16.4. The Kier molecular flexibility index (Phi) is 3.24. The molecule has 16 heavy (non-hydrogen) atoms. The first kappa shape index (κ1) is 11.1. The van der Waals surface area contributed by atoms with Gasteiger partial charge in [0.15, 0.2) is 0 Å². The summed E-state index contributed by atoms with van der Waals surface area (Å²) in [5.74, 6) is -0.284. The zero-order valence-electron chi connectivity index (χ0n) is 9.17. The second-order valence-electron chi connectivity index (χ2n) is 4.40. The molecule has 1 heterocycles. The van der Waals surface area contributed by atoms with E-state index in [2.05, 4.69) is 5.10 Å². The number of carbonyl (C=O) groups is 1. The molecule has 0 aromatic carbocycles. The van der Waals surface area contributed by atoms with Crippen molar-refractivity contribution in [3.8, 4) is 0 Å². The summed E-state index contributed by atoms with van der Waals surface area (Å²) in [6.07, 6.45) is 8.12. The van der Waals surface area contributed by atoms with Crippen LogP contribution in [0.5, 0.6) is 0 Å². The summed E-state index contributed by atoms with van der Waals surface area (Å²) in [4.78, 5) is 10.5. The minimum atomic E-state index is -0.952. The zero-order chi connectivity index (χ0) is 11.5. The number of nitrogens with zero attached hydrogens (tertiary/aromatic N) is 2. The third-order valence-corrected chi connectivity index (χ3v) is 3.22. The summed E-state index contributed by atoms with van der Waals surface area (Å²) in [6.45, 7) is 0.570. The van der Waals surface area contributed by atoms with Crippen LogP contribution in [0.2, 0.25) is 0 Å². The van der Waals surface area contributed by atoms with Gasteiger partial charge in [-0.15, -0.1) is 0 Å². The summed E-state index contributed by atoms with van der Waals surface area (Å²) in [6, 6.07) is -0.795. The molecule has 1 fully saturated rings. The number of hydrogen-bond donors (Lipinski definition) is 2. The normalized spacial score (nSPS) is 18.1. The predicted molar refractivity (Wildman–Crippen MR) is 59.0 cm³/mol. The molecule has 88 valence electrons. The van der Waals surface area contributed by atoms with E-state index in [1.807, 2.05) is 12.4 Å². The second kappa shape index (κ2) is 4.65. The fourth-order valence-electron chi connectivity index (χ4n) is 1.85. The number of aromatic nitrogens is 2. The number of carboxylic acids is 1. The van der Waals surface area contributed by atoms with Gasteiger partial charge in [-0.05, 0) is 30.7 Å². The summed E-state index contributed by atoms with van der Waals surface area (Å²) in [5.41, 5.74) is 6.70. The van der Waals surface area contributed by atoms with E-state index in [1.54, 1.807) is 4.68 Å². The molecular formula is C11H17N3O2. The summed E-state index contributed by atoms with van der Waals surface area (Å²) >= 11 is 0. The van der Waals surface area contributed by atoms with Crippen molar-refractivity contribution in [2.75, 3.05) is 0 Å². The first-order valence-electron chi connectivity index (χ1n) is 5.67. The summed E-state index contributed by atoms with van der Waals surface area (Å²) < 4.78 is 1.79. The molecule has 0 saturated heterocycles. The maximum absolute atomic E-state index is 10.5. The van der Waals surface area contributed by atoms with Gasteiger partial charge in [-0.1, -0.05) is 6.42 Å².